The average Bonchev–Trinajstić information content (AvgIpc) is 2.55. The van der Waals surface area contributed by atoms with Gasteiger partial charge in [0.15, 0.2) is 16.6 Å². The van der Waals surface area contributed by atoms with Crippen molar-refractivity contribution in [1.82, 2.24) is 0 Å². The van der Waals surface area contributed by atoms with Crippen LogP contribution < -0.4 is 0 Å². The number of esters is 1. The Balaban J connectivity index is 5.71. The highest BCUT2D eigenvalue weighted by atomic mass is 28.4. The fraction of sp³-hybridized carbons (Fsp3) is 0.870. The van der Waals surface area contributed by atoms with Crippen molar-refractivity contribution in [2.75, 3.05) is 7.11 Å². The molecule has 0 aromatic heterocycles. The lowest BCUT2D eigenvalue weighted by Crippen LogP contribution is -2.50. The van der Waals surface area contributed by atoms with Gasteiger partial charge in [0.1, 0.15) is 0 Å². The number of hydrogen-bond donors (Lipinski definition) is 0. The minimum Gasteiger partial charge on any atom is -0.466 e. The first-order chi connectivity index (χ1) is 12.9. The molecule has 0 saturated heterocycles. The molecule has 0 rings (SSSR count). The van der Waals surface area contributed by atoms with Gasteiger partial charge in [-0.3, -0.25) is 0 Å². The van der Waals surface area contributed by atoms with Crippen molar-refractivity contribution in [1.29, 1.82) is 0 Å². The lowest BCUT2D eigenvalue weighted by molar-refractivity contribution is -0.134. The third-order valence-electron chi connectivity index (χ3n) is 6.90. The summed E-state index contributed by atoms with van der Waals surface area (Å²) in [5.41, 5.74) is 0. The van der Waals surface area contributed by atoms with Gasteiger partial charge in [0, 0.05) is 18.1 Å². The Morgan fingerprint density at radius 1 is 0.897 bits per heavy atom. The van der Waals surface area contributed by atoms with Crippen LogP contribution in [0, 0.1) is 5.92 Å². The van der Waals surface area contributed by atoms with Crippen LogP contribution in [0.25, 0.3) is 0 Å². The van der Waals surface area contributed by atoms with E-state index >= 15 is 0 Å². The van der Waals surface area contributed by atoms with Crippen LogP contribution in [0.3, 0.4) is 0 Å². The quantitative estimate of drug-likeness (QED) is 0.208. The first-order valence-corrected chi connectivity index (χ1v) is 16.8. The van der Waals surface area contributed by atoms with Crippen molar-refractivity contribution < 1.29 is 18.4 Å². The molecule has 29 heavy (non-hydrogen) atoms. The van der Waals surface area contributed by atoms with Crippen LogP contribution in [-0.2, 0) is 18.4 Å². The van der Waals surface area contributed by atoms with E-state index in [1.807, 2.05) is 6.08 Å². The zero-order valence-corrected chi connectivity index (χ0v) is 23.4. The number of hydrogen-bond acceptors (Lipinski definition) is 4. The third-order valence-corrected chi connectivity index (χ3v) is 15.9. The highest BCUT2D eigenvalue weighted by Gasteiger charge is 2.43. The van der Waals surface area contributed by atoms with Crippen molar-refractivity contribution in [3.63, 3.8) is 0 Å². The molecule has 0 aliphatic rings. The van der Waals surface area contributed by atoms with E-state index in [0.29, 0.717) is 6.42 Å². The molecule has 0 aromatic rings. The van der Waals surface area contributed by atoms with E-state index in [4.69, 9.17) is 13.6 Å². The Kier molecular flexibility index (Phi) is 10.6. The smallest absolute Gasteiger partial charge is 0.330 e. The molecular formula is C23H48O4Si2. The van der Waals surface area contributed by atoms with Gasteiger partial charge in [0.2, 0.25) is 0 Å². The predicted octanol–water partition coefficient (Wildman–Crippen LogP) is 6.93. The number of carbonyl (C=O) groups is 1. The number of rotatable bonds is 10. The molecule has 0 heterocycles. The Hall–Kier alpha value is -0.436. The first-order valence-electron chi connectivity index (χ1n) is 11.0. The van der Waals surface area contributed by atoms with E-state index in [2.05, 4.69) is 81.6 Å². The monoisotopic (exact) mass is 444 g/mol. The minimum absolute atomic E-state index is 0.00603. The summed E-state index contributed by atoms with van der Waals surface area (Å²) in [6.07, 6.45) is 5.17. The zero-order chi connectivity index (χ0) is 23.3. The van der Waals surface area contributed by atoms with Crippen molar-refractivity contribution >= 4 is 22.6 Å². The van der Waals surface area contributed by atoms with Gasteiger partial charge in [-0.2, -0.15) is 0 Å². The number of methoxy groups -OCH3 is 1. The molecule has 0 spiro atoms. The molecule has 0 aromatic carbocycles. The van der Waals surface area contributed by atoms with Crippen LogP contribution in [-0.4, -0.2) is 41.9 Å². The molecule has 6 heteroatoms. The van der Waals surface area contributed by atoms with Gasteiger partial charge in [-0.1, -0.05) is 61.5 Å². The highest BCUT2D eigenvalue weighted by Crippen LogP contribution is 2.41. The predicted molar refractivity (Wildman–Crippen MR) is 129 cm³/mol. The van der Waals surface area contributed by atoms with E-state index < -0.39 is 16.6 Å². The average molecular weight is 445 g/mol. The van der Waals surface area contributed by atoms with E-state index in [-0.39, 0.29) is 34.2 Å². The maximum Gasteiger partial charge on any atom is 0.330 e. The molecule has 0 amide bonds. The van der Waals surface area contributed by atoms with Gasteiger partial charge in [0.05, 0.1) is 13.2 Å². The Bertz CT molecular complexity index is 542. The second kappa shape index (κ2) is 10.7. The normalized spacial score (nSPS) is 17.3. The summed E-state index contributed by atoms with van der Waals surface area (Å²) < 4.78 is 18.4. The van der Waals surface area contributed by atoms with E-state index in [1.165, 1.54) is 13.2 Å². The van der Waals surface area contributed by atoms with Crippen LogP contribution in [0.4, 0.5) is 0 Å². The molecule has 3 atom stereocenters. The van der Waals surface area contributed by atoms with E-state index in [0.717, 1.165) is 6.42 Å². The fourth-order valence-corrected chi connectivity index (χ4v) is 5.56. The summed E-state index contributed by atoms with van der Waals surface area (Å²) in [7, 11) is -2.45. The Morgan fingerprint density at radius 3 is 1.66 bits per heavy atom. The molecule has 0 N–H and O–H groups in total. The summed E-state index contributed by atoms with van der Waals surface area (Å²) in [6.45, 7) is 27.2. The largest absolute Gasteiger partial charge is 0.466 e. The zero-order valence-electron chi connectivity index (χ0n) is 21.4. The first kappa shape index (κ1) is 28.6. The van der Waals surface area contributed by atoms with E-state index in [1.54, 1.807) is 0 Å². The second-order valence-electron chi connectivity index (χ2n) is 11.3. The van der Waals surface area contributed by atoms with Crippen LogP contribution in [0.15, 0.2) is 12.2 Å². The standard InChI is InChI=1S/C23H48O4Si2/c1-14-19(26-28(10,11)22(3,4)5)18(2)20(16-15-17-21(24)25-9)27-29(12,13)23(6,7)8/h15,17-20H,14,16H2,1-13H3/b17-15+/t18-,19+,20-/m0/s1. The van der Waals surface area contributed by atoms with Crippen LogP contribution in [0.5, 0.6) is 0 Å². The highest BCUT2D eigenvalue weighted by molar-refractivity contribution is 6.74. The molecule has 0 bridgehead atoms. The molecule has 0 radical (unpaired) electrons. The molecule has 4 nitrogen and oxygen atoms in total. The lowest BCUT2D eigenvalue weighted by atomic mass is 9.94. The van der Waals surface area contributed by atoms with Crippen LogP contribution in [0.2, 0.25) is 36.3 Å². The summed E-state index contributed by atoms with van der Waals surface area (Å²) in [5, 5.41) is 0.291. The maximum absolute atomic E-state index is 11.5. The molecule has 0 unspecified atom stereocenters. The Morgan fingerprint density at radius 2 is 1.31 bits per heavy atom. The van der Waals surface area contributed by atoms with Crippen LogP contribution >= 0.6 is 0 Å². The summed E-state index contributed by atoms with van der Waals surface area (Å²) in [4.78, 5) is 11.5. The van der Waals surface area contributed by atoms with Gasteiger partial charge in [-0.15, -0.1) is 0 Å². The number of ether oxygens (including phenoxy) is 1. The summed E-state index contributed by atoms with van der Waals surface area (Å²) in [5.74, 6) is -0.0983. The molecule has 172 valence electrons. The van der Waals surface area contributed by atoms with Crippen molar-refractivity contribution in [3.05, 3.63) is 12.2 Å². The maximum atomic E-state index is 11.5. The van der Waals surface area contributed by atoms with Crippen molar-refractivity contribution in [2.24, 2.45) is 5.92 Å². The molecule has 0 aliphatic carbocycles. The molecule has 0 aliphatic heterocycles. The van der Waals surface area contributed by atoms with Crippen molar-refractivity contribution in [3.8, 4) is 0 Å². The van der Waals surface area contributed by atoms with Gasteiger partial charge < -0.3 is 13.6 Å². The topological polar surface area (TPSA) is 44.8 Å². The number of carbonyl (C=O) groups excluding carboxylic acids is 1. The SMILES string of the molecule is CC[C@@H](O[Si](C)(C)C(C)(C)C)[C@H](C)[C@H](C/C=C/C(=O)OC)O[Si](C)(C)C(C)(C)C. The van der Waals surface area contributed by atoms with Gasteiger partial charge in [-0.05, 0) is 49.1 Å². The van der Waals surface area contributed by atoms with Gasteiger partial charge in [0.25, 0.3) is 0 Å². The van der Waals surface area contributed by atoms with Crippen molar-refractivity contribution in [2.45, 2.75) is 117 Å². The van der Waals surface area contributed by atoms with Gasteiger partial charge in [-0.25, -0.2) is 4.79 Å². The second-order valence-corrected chi connectivity index (χ2v) is 20.8. The molecular weight excluding hydrogens is 396 g/mol. The molecule has 0 fully saturated rings. The fourth-order valence-electron chi connectivity index (χ4n) is 2.65. The molecule has 0 saturated carbocycles. The van der Waals surface area contributed by atoms with E-state index in [9.17, 15) is 4.79 Å². The lowest BCUT2D eigenvalue weighted by Gasteiger charge is -2.45. The minimum atomic E-state index is -1.96. The van der Waals surface area contributed by atoms with Crippen LogP contribution in [0.1, 0.15) is 68.2 Å². The third kappa shape index (κ3) is 8.68. The summed E-state index contributed by atoms with van der Waals surface area (Å²) >= 11 is 0. The Labute approximate surface area is 183 Å². The summed E-state index contributed by atoms with van der Waals surface area (Å²) in [6, 6.07) is 0. The van der Waals surface area contributed by atoms with Gasteiger partial charge >= 0.3 is 5.97 Å².